The van der Waals surface area contributed by atoms with Gasteiger partial charge in [0.25, 0.3) is 5.88 Å². The normalized spacial score (nSPS) is 10.9. The molecule has 0 aliphatic rings. The summed E-state index contributed by atoms with van der Waals surface area (Å²) in [7, 11) is 3.27. The predicted octanol–water partition coefficient (Wildman–Crippen LogP) is 4.59. The van der Waals surface area contributed by atoms with E-state index in [1.165, 1.54) is 12.8 Å². The van der Waals surface area contributed by atoms with Crippen LogP contribution in [0.3, 0.4) is 0 Å². The van der Waals surface area contributed by atoms with E-state index in [4.69, 9.17) is 9.47 Å². The van der Waals surface area contributed by atoms with Crippen LogP contribution in [0.5, 0.6) is 11.6 Å². The van der Waals surface area contributed by atoms with Crippen molar-refractivity contribution in [3.63, 3.8) is 0 Å². The second-order valence-electron chi connectivity index (χ2n) is 6.61. The van der Waals surface area contributed by atoms with Crippen molar-refractivity contribution in [1.82, 2.24) is 15.0 Å². The fourth-order valence-electron chi connectivity index (χ4n) is 2.71. The first-order valence-electron chi connectivity index (χ1n) is 9.22. The van der Waals surface area contributed by atoms with Gasteiger partial charge in [0.15, 0.2) is 5.82 Å². The van der Waals surface area contributed by atoms with Crippen LogP contribution < -0.4 is 14.8 Å². The third-order valence-electron chi connectivity index (χ3n) is 4.26. The number of anilines is 1. The quantitative estimate of drug-likeness (QED) is 0.661. The zero-order valence-corrected chi connectivity index (χ0v) is 16.7. The van der Waals surface area contributed by atoms with Crippen molar-refractivity contribution in [2.24, 2.45) is 0 Å². The number of nitrogens with one attached hydrogen (secondary N) is 1. The summed E-state index contributed by atoms with van der Waals surface area (Å²) < 4.78 is 11.0. The third kappa shape index (κ3) is 4.62. The van der Waals surface area contributed by atoms with Gasteiger partial charge in [-0.2, -0.15) is 0 Å². The topological polar surface area (TPSA) is 69.2 Å². The molecule has 0 fully saturated rings. The van der Waals surface area contributed by atoms with Gasteiger partial charge in [-0.3, -0.25) is 4.98 Å². The van der Waals surface area contributed by atoms with E-state index in [1.54, 1.807) is 20.4 Å². The SMILES string of the molecule is CCCCCNc1nc(C)c(-c2cnc(C(C)C)cc2OC)nc1OC. The number of nitrogens with zero attached hydrogens (tertiary/aromatic N) is 3. The number of pyridine rings is 1. The Kier molecular flexibility index (Phi) is 7.18. The molecule has 0 atom stereocenters. The first-order chi connectivity index (χ1) is 12.5. The van der Waals surface area contributed by atoms with Gasteiger partial charge in [-0.25, -0.2) is 9.97 Å². The summed E-state index contributed by atoms with van der Waals surface area (Å²) in [5.74, 6) is 2.23. The van der Waals surface area contributed by atoms with Crippen molar-refractivity contribution in [1.29, 1.82) is 0 Å². The molecule has 2 aromatic rings. The molecule has 2 heterocycles. The van der Waals surface area contributed by atoms with Crippen LogP contribution >= 0.6 is 0 Å². The molecule has 6 heteroatoms. The summed E-state index contributed by atoms with van der Waals surface area (Å²) in [6.45, 7) is 9.19. The molecule has 26 heavy (non-hydrogen) atoms. The van der Waals surface area contributed by atoms with Gasteiger partial charge in [-0.15, -0.1) is 0 Å². The van der Waals surface area contributed by atoms with E-state index in [1.807, 2.05) is 13.0 Å². The van der Waals surface area contributed by atoms with Crippen LogP contribution in [0.4, 0.5) is 5.82 Å². The standard InChI is InChI=1S/C20H30N4O2/c1-7-8-9-10-21-19-20(26-6)24-18(14(4)23-19)15-12-22-16(13(2)3)11-17(15)25-5/h11-13H,7-10H2,1-6H3,(H,21,23). The minimum atomic E-state index is 0.328. The molecule has 0 saturated heterocycles. The number of methoxy groups -OCH3 is 2. The number of aromatic nitrogens is 3. The molecule has 2 rings (SSSR count). The molecule has 0 aliphatic heterocycles. The fraction of sp³-hybridized carbons (Fsp3) is 0.550. The Labute approximate surface area is 156 Å². The van der Waals surface area contributed by atoms with Gasteiger partial charge in [-0.05, 0) is 19.3 Å². The summed E-state index contributed by atoms with van der Waals surface area (Å²) >= 11 is 0. The van der Waals surface area contributed by atoms with Crippen molar-refractivity contribution in [3.05, 3.63) is 23.7 Å². The van der Waals surface area contributed by atoms with Gasteiger partial charge >= 0.3 is 0 Å². The molecule has 0 radical (unpaired) electrons. The van der Waals surface area contributed by atoms with Crippen molar-refractivity contribution in [2.75, 3.05) is 26.1 Å². The van der Waals surface area contributed by atoms with Gasteiger partial charge in [0, 0.05) is 24.5 Å². The lowest BCUT2D eigenvalue weighted by molar-refractivity contribution is 0.397. The number of ether oxygens (including phenoxy) is 2. The summed E-state index contributed by atoms with van der Waals surface area (Å²) in [6, 6.07) is 1.96. The number of hydrogen-bond acceptors (Lipinski definition) is 6. The van der Waals surface area contributed by atoms with E-state index in [0.717, 1.165) is 41.4 Å². The first kappa shape index (κ1) is 19.9. The lowest BCUT2D eigenvalue weighted by Crippen LogP contribution is -2.09. The van der Waals surface area contributed by atoms with E-state index in [-0.39, 0.29) is 0 Å². The average Bonchev–Trinajstić information content (AvgIpc) is 2.65. The Morgan fingerprint density at radius 3 is 2.50 bits per heavy atom. The van der Waals surface area contributed by atoms with E-state index < -0.39 is 0 Å². The van der Waals surface area contributed by atoms with Gasteiger partial charge in [0.05, 0.1) is 25.5 Å². The van der Waals surface area contributed by atoms with Crippen LogP contribution in [0.25, 0.3) is 11.3 Å². The van der Waals surface area contributed by atoms with E-state index in [0.29, 0.717) is 17.6 Å². The maximum absolute atomic E-state index is 5.58. The zero-order valence-electron chi connectivity index (χ0n) is 16.7. The number of aryl methyl sites for hydroxylation is 1. The molecule has 1 N–H and O–H groups in total. The molecule has 2 aromatic heterocycles. The maximum atomic E-state index is 5.58. The average molecular weight is 358 g/mol. The number of unbranched alkanes of at least 4 members (excludes halogenated alkanes) is 2. The zero-order chi connectivity index (χ0) is 19.1. The molecule has 0 unspecified atom stereocenters. The molecule has 0 amide bonds. The van der Waals surface area contributed by atoms with Crippen LogP contribution in [0, 0.1) is 6.92 Å². The van der Waals surface area contributed by atoms with Crippen molar-refractivity contribution >= 4 is 5.82 Å². The Morgan fingerprint density at radius 2 is 1.88 bits per heavy atom. The Hall–Kier alpha value is -2.37. The lowest BCUT2D eigenvalue weighted by Gasteiger charge is -2.15. The summed E-state index contributed by atoms with van der Waals surface area (Å²) in [5.41, 5.74) is 3.33. The molecular formula is C20H30N4O2. The summed E-state index contributed by atoms with van der Waals surface area (Å²) in [5, 5.41) is 3.33. The van der Waals surface area contributed by atoms with Gasteiger partial charge in [-0.1, -0.05) is 33.6 Å². The number of hydrogen-bond donors (Lipinski definition) is 1. The van der Waals surface area contributed by atoms with Crippen LogP contribution in [0.1, 0.15) is 57.3 Å². The maximum Gasteiger partial charge on any atom is 0.257 e. The Bertz CT molecular complexity index is 732. The van der Waals surface area contributed by atoms with E-state index >= 15 is 0 Å². The molecular weight excluding hydrogens is 328 g/mol. The molecule has 0 aromatic carbocycles. The molecule has 0 saturated carbocycles. The first-order valence-corrected chi connectivity index (χ1v) is 9.22. The molecule has 142 valence electrons. The molecule has 6 nitrogen and oxygen atoms in total. The largest absolute Gasteiger partial charge is 0.496 e. The highest BCUT2D eigenvalue weighted by molar-refractivity contribution is 5.70. The highest BCUT2D eigenvalue weighted by Gasteiger charge is 2.18. The molecule has 0 bridgehead atoms. The van der Waals surface area contributed by atoms with Gasteiger partial charge < -0.3 is 14.8 Å². The Balaban J connectivity index is 2.38. The highest BCUT2D eigenvalue weighted by atomic mass is 16.5. The van der Waals surface area contributed by atoms with Crippen LogP contribution in [-0.4, -0.2) is 35.7 Å². The predicted molar refractivity (Wildman–Crippen MR) is 105 cm³/mol. The van der Waals surface area contributed by atoms with Gasteiger partial charge in [0.1, 0.15) is 11.4 Å². The second-order valence-corrected chi connectivity index (χ2v) is 6.61. The minimum Gasteiger partial charge on any atom is -0.496 e. The lowest BCUT2D eigenvalue weighted by atomic mass is 10.1. The van der Waals surface area contributed by atoms with Crippen molar-refractivity contribution < 1.29 is 9.47 Å². The van der Waals surface area contributed by atoms with Crippen LogP contribution in [-0.2, 0) is 0 Å². The van der Waals surface area contributed by atoms with Gasteiger partial charge in [0.2, 0.25) is 0 Å². The molecule has 0 aliphatic carbocycles. The second kappa shape index (κ2) is 9.36. The molecule has 0 spiro atoms. The number of rotatable bonds is 9. The van der Waals surface area contributed by atoms with E-state index in [2.05, 4.69) is 41.0 Å². The monoisotopic (exact) mass is 358 g/mol. The highest BCUT2D eigenvalue weighted by Crippen LogP contribution is 2.34. The smallest absolute Gasteiger partial charge is 0.257 e. The van der Waals surface area contributed by atoms with E-state index in [9.17, 15) is 0 Å². The fourth-order valence-corrected chi connectivity index (χ4v) is 2.71. The summed E-state index contributed by atoms with van der Waals surface area (Å²) in [6.07, 6.45) is 5.27. The van der Waals surface area contributed by atoms with Crippen molar-refractivity contribution in [3.8, 4) is 22.9 Å². The van der Waals surface area contributed by atoms with Crippen LogP contribution in [0.2, 0.25) is 0 Å². The Morgan fingerprint density at radius 1 is 1.12 bits per heavy atom. The van der Waals surface area contributed by atoms with Crippen LogP contribution in [0.15, 0.2) is 12.3 Å². The minimum absolute atomic E-state index is 0.328. The third-order valence-corrected chi connectivity index (χ3v) is 4.26. The summed E-state index contributed by atoms with van der Waals surface area (Å²) in [4.78, 5) is 13.9. The van der Waals surface area contributed by atoms with Crippen molar-refractivity contribution in [2.45, 2.75) is 52.9 Å².